The standard InChI is InChI=1S/C20H18/c1-12-8-13(2)20-18(14(12)3)11-17-9-15-6-4-5-7-16(15)10-19(17)20/h4-10H,11H2,1-3H3. The first-order valence-corrected chi connectivity index (χ1v) is 7.27. The van der Waals surface area contributed by atoms with Gasteiger partial charge in [-0.15, -0.1) is 0 Å². The zero-order valence-corrected chi connectivity index (χ0v) is 12.2. The van der Waals surface area contributed by atoms with Crippen LogP contribution in [0.2, 0.25) is 0 Å². The highest BCUT2D eigenvalue weighted by molar-refractivity contribution is 5.93. The minimum absolute atomic E-state index is 1.09. The molecular weight excluding hydrogens is 240 g/mol. The van der Waals surface area contributed by atoms with Crippen LogP contribution in [0.3, 0.4) is 0 Å². The quantitative estimate of drug-likeness (QED) is 0.399. The van der Waals surface area contributed by atoms with Gasteiger partial charge < -0.3 is 0 Å². The summed E-state index contributed by atoms with van der Waals surface area (Å²) in [7, 11) is 0. The van der Waals surface area contributed by atoms with E-state index in [1.54, 1.807) is 0 Å². The number of aryl methyl sites for hydroxylation is 2. The lowest BCUT2D eigenvalue weighted by Gasteiger charge is -2.11. The van der Waals surface area contributed by atoms with Crippen molar-refractivity contribution in [2.24, 2.45) is 0 Å². The Bertz CT molecular complexity index is 854. The minimum atomic E-state index is 1.09. The fourth-order valence-corrected chi connectivity index (χ4v) is 3.62. The number of fused-ring (bicyclic) bond motifs is 4. The summed E-state index contributed by atoms with van der Waals surface area (Å²) in [5, 5.41) is 2.70. The van der Waals surface area contributed by atoms with Crippen LogP contribution in [0.25, 0.3) is 21.9 Å². The zero-order valence-electron chi connectivity index (χ0n) is 12.2. The van der Waals surface area contributed by atoms with Crippen molar-refractivity contribution >= 4 is 10.8 Å². The van der Waals surface area contributed by atoms with Gasteiger partial charge in [-0.3, -0.25) is 0 Å². The Kier molecular flexibility index (Phi) is 2.32. The molecule has 0 heterocycles. The van der Waals surface area contributed by atoms with Gasteiger partial charge in [-0.2, -0.15) is 0 Å². The van der Waals surface area contributed by atoms with Crippen LogP contribution in [0.5, 0.6) is 0 Å². The average Bonchev–Trinajstić information content (AvgIpc) is 2.81. The number of hydrogen-bond acceptors (Lipinski definition) is 0. The van der Waals surface area contributed by atoms with Gasteiger partial charge in [0, 0.05) is 0 Å². The van der Waals surface area contributed by atoms with Crippen molar-refractivity contribution < 1.29 is 0 Å². The molecule has 0 fully saturated rings. The molecule has 20 heavy (non-hydrogen) atoms. The molecule has 0 atom stereocenters. The van der Waals surface area contributed by atoms with Crippen LogP contribution in [-0.4, -0.2) is 0 Å². The van der Waals surface area contributed by atoms with Crippen LogP contribution < -0.4 is 0 Å². The van der Waals surface area contributed by atoms with Crippen molar-refractivity contribution in [3.63, 3.8) is 0 Å². The smallest absolute Gasteiger partial charge is 0.00104 e. The summed E-state index contributed by atoms with van der Waals surface area (Å²) in [4.78, 5) is 0. The Balaban J connectivity index is 2.08. The SMILES string of the molecule is Cc1cc(C)c2c(c1C)Cc1cc3ccccc3cc1-2. The van der Waals surface area contributed by atoms with Gasteiger partial charge in [-0.05, 0) is 83.0 Å². The minimum Gasteiger partial charge on any atom is -0.0616 e. The Morgan fingerprint density at radius 1 is 0.800 bits per heavy atom. The Labute approximate surface area is 120 Å². The normalized spacial score (nSPS) is 12.6. The third-order valence-electron chi connectivity index (χ3n) is 4.78. The van der Waals surface area contributed by atoms with E-state index in [9.17, 15) is 0 Å². The summed E-state index contributed by atoms with van der Waals surface area (Å²) in [5.41, 5.74) is 10.2. The topological polar surface area (TPSA) is 0 Å². The van der Waals surface area contributed by atoms with E-state index < -0.39 is 0 Å². The summed E-state index contributed by atoms with van der Waals surface area (Å²) in [6.07, 6.45) is 1.09. The van der Waals surface area contributed by atoms with Crippen LogP contribution in [0.1, 0.15) is 27.8 Å². The molecule has 0 amide bonds. The fraction of sp³-hybridized carbons (Fsp3) is 0.200. The van der Waals surface area contributed by atoms with Crippen LogP contribution in [0, 0.1) is 20.8 Å². The van der Waals surface area contributed by atoms with Gasteiger partial charge >= 0.3 is 0 Å². The van der Waals surface area contributed by atoms with Gasteiger partial charge in [0.05, 0.1) is 0 Å². The molecule has 0 radical (unpaired) electrons. The molecule has 0 saturated carbocycles. The molecule has 0 aromatic heterocycles. The Morgan fingerprint density at radius 3 is 2.25 bits per heavy atom. The predicted octanol–water partition coefficient (Wildman–Crippen LogP) is 5.34. The molecule has 0 nitrogen and oxygen atoms in total. The van der Waals surface area contributed by atoms with E-state index in [1.807, 2.05) is 0 Å². The summed E-state index contributed by atoms with van der Waals surface area (Å²) in [6, 6.07) is 15.7. The van der Waals surface area contributed by atoms with Crippen LogP contribution in [-0.2, 0) is 6.42 Å². The Morgan fingerprint density at radius 2 is 1.50 bits per heavy atom. The van der Waals surface area contributed by atoms with Crippen LogP contribution >= 0.6 is 0 Å². The first-order valence-electron chi connectivity index (χ1n) is 7.27. The molecule has 1 aliphatic carbocycles. The second kappa shape index (κ2) is 3.96. The van der Waals surface area contributed by atoms with Crippen molar-refractivity contribution in [2.45, 2.75) is 27.2 Å². The van der Waals surface area contributed by atoms with Crippen molar-refractivity contribution in [1.82, 2.24) is 0 Å². The maximum absolute atomic E-state index is 2.37. The lowest BCUT2D eigenvalue weighted by atomic mass is 9.93. The second-order valence-electron chi connectivity index (χ2n) is 6.02. The van der Waals surface area contributed by atoms with Crippen LogP contribution in [0.15, 0.2) is 42.5 Å². The highest BCUT2D eigenvalue weighted by Gasteiger charge is 2.23. The predicted molar refractivity (Wildman–Crippen MR) is 86.4 cm³/mol. The zero-order chi connectivity index (χ0) is 13.9. The highest BCUT2D eigenvalue weighted by Crippen LogP contribution is 2.43. The van der Waals surface area contributed by atoms with E-state index in [0.29, 0.717) is 0 Å². The molecule has 98 valence electrons. The molecular formula is C20H18. The molecule has 1 aliphatic rings. The molecule has 0 bridgehead atoms. The summed E-state index contributed by atoms with van der Waals surface area (Å²) >= 11 is 0. The molecule has 3 aromatic carbocycles. The maximum atomic E-state index is 2.37. The van der Waals surface area contributed by atoms with E-state index in [-0.39, 0.29) is 0 Å². The van der Waals surface area contributed by atoms with Crippen molar-refractivity contribution in [3.05, 3.63) is 70.3 Å². The van der Waals surface area contributed by atoms with E-state index in [1.165, 1.54) is 49.7 Å². The largest absolute Gasteiger partial charge is 0.0616 e. The average molecular weight is 258 g/mol. The fourth-order valence-electron chi connectivity index (χ4n) is 3.62. The first kappa shape index (κ1) is 11.7. The molecule has 4 rings (SSSR count). The second-order valence-corrected chi connectivity index (χ2v) is 6.02. The van der Waals surface area contributed by atoms with Gasteiger partial charge in [0.25, 0.3) is 0 Å². The maximum Gasteiger partial charge on any atom is -0.00104 e. The van der Waals surface area contributed by atoms with Gasteiger partial charge in [0.15, 0.2) is 0 Å². The monoisotopic (exact) mass is 258 g/mol. The summed E-state index contributed by atoms with van der Waals surface area (Å²) < 4.78 is 0. The number of benzene rings is 3. The Hall–Kier alpha value is -2.08. The van der Waals surface area contributed by atoms with E-state index in [2.05, 4.69) is 63.2 Å². The van der Waals surface area contributed by atoms with Crippen molar-refractivity contribution in [1.29, 1.82) is 0 Å². The molecule has 0 N–H and O–H groups in total. The molecule has 3 aromatic rings. The lowest BCUT2D eigenvalue weighted by molar-refractivity contribution is 1.18. The van der Waals surface area contributed by atoms with Gasteiger partial charge in [-0.25, -0.2) is 0 Å². The molecule has 0 unspecified atom stereocenters. The lowest BCUT2D eigenvalue weighted by Crippen LogP contribution is -1.93. The number of hydrogen-bond donors (Lipinski definition) is 0. The number of rotatable bonds is 0. The van der Waals surface area contributed by atoms with Gasteiger partial charge in [-0.1, -0.05) is 36.4 Å². The third kappa shape index (κ3) is 1.48. The summed E-state index contributed by atoms with van der Waals surface area (Å²) in [5.74, 6) is 0. The van der Waals surface area contributed by atoms with Crippen molar-refractivity contribution in [3.8, 4) is 11.1 Å². The third-order valence-corrected chi connectivity index (χ3v) is 4.78. The molecule has 0 spiro atoms. The highest BCUT2D eigenvalue weighted by atomic mass is 14.3. The molecule has 0 heteroatoms. The van der Waals surface area contributed by atoms with Crippen LogP contribution in [0.4, 0.5) is 0 Å². The molecule has 0 saturated heterocycles. The van der Waals surface area contributed by atoms with E-state index in [4.69, 9.17) is 0 Å². The van der Waals surface area contributed by atoms with Gasteiger partial charge in [0.1, 0.15) is 0 Å². The summed E-state index contributed by atoms with van der Waals surface area (Å²) in [6.45, 7) is 6.73. The van der Waals surface area contributed by atoms with Gasteiger partial charge in [0.2, 0.25) is 0 Å². The molecule has 0 aliphatic heterocycles. The van der Waals surface area contributed by atoms with E-state index in [0.717, 1.165) is 6.42 Å². The van der Waals surface area contributed by atoms with E-state index >= 15 is 0 Å². The van der Waals surface area contributed by atoms with Crippen molar-refractivity contribution in [2.75, 3.05) is 0 Å². The first-order chi connectivity index (χ1) is 9.65.